The largest absolute Gasteiger partial charge is 0.337 e. The van der Waals surface area contributed by atoms with E-state index in [9.17, 15) is 0 Å². The number of hydrogen-bond donors (Lipinski definition) is 0. The number of benzene rings is 1. The van der Waals surface area contributed by atoms with E-state index in [0.717, 1.165) is 36.6 Å². The summed E-state index contributed by atoms with van der Waals surface area (Å²) in [5, 5.41) is 0.687. The van der Waals surface area contributed by atoms with Crippen LogP contribution in [0.15, 0.2) is 23.2 Å². The van der Waals surface area contributed by atoms with Crippen molar-refractivity contribution in [3.05, 3.63) is 28.8 Å². The van der Waals surface area contributed by atoms with Gasteiger partial charge in [0.25, 0.3) is 5.79 Å². The fourth-order valence-corrected chi connectivity index (χ4v) is 3.28. The smallest absolute Gasteiger partial charge is 0.259 e. The number of fused-ring (bicyclic) bond motifs is 5. The summed E-state index contributed by atoms with van der Waals surface area (Å²) < 4.78 is 11.8. The van der Waals surface area contributed by atoms with Gasteiger partial charge in [-0.3, -0.25) is 4.99 Å². The molecule has 3 aliphatic rings. The lowest BCUT2D eigenvalue weighted by atomic mass is 10.1. The van der Waals surface area contributed by atoms with E-state index >= 15 is 0 Å². The predicted octanol–water partition coefficient (Wildman–Crippen LogP) is 2.16. The molecule has 0 N–H and O–H groups in total. The number of amidine groups is 1. The van der Waals surface area contributed by atoms with E-state index in [2.05, 4.69) is 16.0 Å². The van der Waals surface area contributed by atoms with Gasteiger partial charge in [0.15, 0.2) is 5.84 Å². The van der Waals surface area contributed by atoms with E-state index in [-0.39, 0.29) is 0 Å². The number of aliphatic imine (C=N–C) groups is 1. The van der Waals surface area contributed by atoms with Gasteiger partial charge in [0.05, 0.1) is 29.5 Å². The summed E-state index contributed by atoms with van der Waals surface area (Å²) in [6, 6.07) is 5.90. The third-order valence-electron chi connectivity index (χ3n) is 3.66. The summed E-state index contributed by atoms with van der Waals surface area (Å²) in [5.74, 6) is 0.0167. The summed E-state index contributed by atoms with van der Waals surface area (Å²) in [4.78, 5) is 6.79. The molecular weight excluding hydrogens is 252 g/mol. The van der Waals surface area contributed by atoms with Crippen molar-refractivity contribution in [1.29, 1.82) is 0 Å². The molecule has 5 heteroatoms. The van der Waals surface area contributed by atoms with E-state index in [1.165, 1.54) is 0 Å². The Labute approximate surface area is 110 Å². The van der Waals surface area contributed by atoms with Gasteiger partial charge in [-0.15, -0.1) is 0 Å². The molecule has 1 fully saturated rings. The van der Waals surface area contributed by atoms with Gasteiger partial charge in [-0.05, 0) is 18.6 Å². The van der Waals surface area contributed by atoms with Crippen LogP contribution >= 0.6 is 11.6 Å². The third kappa shape index (κ3) is 1.20. The molecule has 1 spiro atoms. The Morgan fingerprint density at radius 1 is 1.28 bits per heavy atom. The highest BCUT2D eigenvalue weighted by Crippen LogP contribution is 2.49. The highest BCUT2D eigenvalue weighted by atomic mass is 35.5. The van der Waals surface area contributed by atoms with Crippen LogP contribution in [0.5, 0.6) is 0 Å². The van der Waals surface area contributed by atoms with Crippen molar-refractivity contribution < 1.29 is 9.47 Å². The minimum atomic E-state index is -0.853. The molecule has 0 aliphatic carbocycles. The lowest BCUT2D eigenvalue weighted by molar-refractivity contribution is -0.102. The second kappa shape index (κ2) is 3.70. The monoisotopic (exact) mass is 264 g/mol. The Bertz CT molecular complexity index is 538. The maximum absolute atomic E-state index is 6.36. The summed E-state index contributed by atoms with van der Waals surface area (Å²) in [5.41, 5.74) is 1.99. The van der Waals surface area contributed by atoms with Crippen molar-refractivity contribution in [2.75, 3.05) is 31.2 Å². The molecule has 4 nitrogen and oxygen atoms in total. The third-order valence-corrected chi connectivity index (χ3v) is 3.97. The Hall–Kier alpha value is -1.10. The summed E-state index contributed by atoms with van der Waals surface area (Å²) in [6.07, 6.45) is 1.05. The molecule has 0 saturated carbocycles. The molecule has 0 aromatic heterocycles. The Kier molecular flexibility index (Phi) is 2.22. The first-order chi connectivity index (χ1) is 8.83. The molecule has 0 atom stereocenters. The first-order valence-electron chi connectivity index (χ1n) is 6.22. The maximum atomic E-state index is 6.36. The predicted molar refractivity (Wildman–Crippen MR) is 69.3 cm³/mol. The summed E-state index contributed by atoms with van der Waals surface area (Å²) in [6.45, 7) is 2.93. The van der Waals surface area contributed by atoms with E-state index in [1.807, 2.05) is 12.1 Å². The van der Waals surface area contributed by atoms with E-state index in [0.29, 0.717) is 18.2 Å². The maximum Gasteiger partial charge on any atom is 0.259 e. The Balaban J connectivity index is 2.00. The molecule has 4 rings (SSSR count). The van der Waals surface area contributed by atoms with Gasteiger partial charge >= 0.3 is 0 Å². The second-order valence-electron chi connectivity index (χ2n) is 4.66. The van der Waals surface area contributed by atoms with Crippen LogP contribution in [-0.2, 0) is 15.3 Å². The molecule has 18 heavy (non-hydrogen) atoms. The van der Waals surface area contributed by atoms with Crippen molar-refractivity contribution in [3.8, 4) is 0 Å². The first-order valence-corrected chi connectivity index (χ1v) is 6.60. The molecule has 0 bridgehead atoms. The van der Waals surface area contributed by atoms with Crippen molar-refractivity contribution in [2.24, 2.45) is 4.99 Å². The number of hydrogen-bond acceptors (Lipinski definition) is 4. The Morgan fingerprint density at radius 3 is 2.94 bits per heavy atom. The highest BCUT2D eigenvalue weighted by molar-refractivity contribution is 6.33. The highest BCUT2D eigenvalue weighted by Gasteiger charge is 2.55. The van der Waals surface area contributed by atoms with Crippen molar-refractivity contribution in [2.45, 2.75) is 12.2 Å². The van der Waals surface area contributed by atoms with Crippen molar-refractivity contribution >= 4 is 23.1 Å². The molecular formula is C13H13ClN2O2. The molecule has 1 aromatic carbocycles. The normalized spacial score (nSPS) is 24.1. The van der Waals surface area contributed by atoms with Crippen LogP contribution in [0.4, 0.5) is 5.69 Å². The number of halogens is 1. The van der Waals surface area contributed by atoms with Gasteiger partial charge in [-0.2, -0.15) is 0 Å². The molecule has 3 aliphatic heterocycles. The number of rotatable bonds is 0. The van der Waals surface area contributed by atoms with E-state index in [4.69, 9.17) is 21.1 Å². The SMILES string of the molecule is Clc1cccc2c1C1(OCCO1)C1=NCCCN12. The van der Waals surface area contributed by atoms with Gasteiger partial charge in [0.2, 0.25) is 0 Å². The van der Waals surface area contributed by atoms with Gasteiger partial charge < -0.3 is 14.4 Å². The molecule has 0 radical (unpaired) electrons. The minimum Gasteiger partial charge on any atom is -0.337 e. The zero-order valence-electron chi connectivity index (χ0n) is 9.86. The molecule has 1 saturated heterocycles. The zero-order chi connectivity index (χ0) is 12.2. The first kappa shape index (κ1) is 10.8. The number of anilines is 1. The number of nitrogens with zero attached hydrogens (tertiary/aromatic N) is 2. The average Bonchev–Trinajstić information content (AvgIpc) is 2.98. The quantitative estimate of drug-likeness (QED) is 0.720. The standard InChI is InChI=1S/C13H13ClN2O2/c14-9-3-1-4-10-11(9)13(17-7-8-18-13)12-15-5-2-6-16(10)12/h1,3-4H,2,5-8H2. The van der Waals surface area contributed by atoms with Crippen molar-refractivity contribution in [1.82, 2.24) is 0 Å². The zero-order valence-corrected chi connectivity index (χ0v) is 10.6. The summed E-state index contributed by atoms with van der Waals surface area (Å²) in [7, 11) is 0. The van der Waals surface area contributed by atoms with Crippen LogP contribution in [0.3, 0.4) is 0 Å². The van der Waals surface area contributed by atoms with E-state index < -0.39 is 5.79 Å². The van der Waals surface area contributed by atoms with Gasteiger partial charge in [0.1, 0.15) is 0 Å². The van der Waals surface area contributed by atoms with Crippen LogP contribution in [0.2, 0.25) is 5.02 Å². The van der Waals surface area contributed by atoms with E-state index in [1.54, 1.807) is 0 Å². The fraction of sp³-hybridized carbons (Fsp3) is 0.462. The van der Waals surface area contributed by atoms with Crippen LogP contribution < -0.4 is 4.90 Å². The Morgan fingerprint density at radius 2 is 2.11 bits per heavy atom. The van der Waals surface area contributed by atoms with Gasteiger partial charge in [0, 0.05) is 13.1 Å². The molecule has 0 unspecified atom stereocenters. The molecule has 3 heterocycles. The lowest BCUT2D eigenvalue weighted by Gasteiger charge is -2.29. The van der Waals surface area contributed by atoms with Crippen LogP contribution in [0.1, 0.15) is 12.0 Å². The van der Waals surface area contributed by atoms with Crippen molar-refractivity contribution in [3.63, 3.8) is 0 Å². The molecule has 1 aromatic rings. The van der Waals surface area contributed by atoms with Crippen LogP contribution in [0.25, 0.3) is 0 Å². The van der Waals surface area contributed by atoms with Crippen LogP contribution in [-0.4, -0.2) is 32.1 Å². The van der Waals surface area contributed by atoms with Gasteiger partial charge in [-0.25, -0.2) is 0 Å². The van der Waals surface area contributed by atoms with Gasteiger partial charge in [-0.1, -0.05) is 17.7 Å². The molecule has 0 amide bonds. The molecule has 94 valence electrons. The number of ether oxygens (including phenoxy) is 2. The minimum absolute atomic E-state index is 0.581. The topological polar surface area (TPSA) is 34.1 Å². The summed E-state index contributed by atoms with van der Waals surface area (Å²) >= 11 is 6.36. The fourth-order valence-electron chi connectivity index (χ4n) is 2.98. The second-order valence-corrected chi connectivity index (χ2v) is 5.07. The average molecular weight is 265 g/mol. The lowest BCUT2D eigenvalue weighted by Crippen LogP contribution is -2.44. The van der Waals surface area contributed by atoms with Crippen LogP contribution in [0, 0.1) is 0 Å².